The number of carbonyl (C=O) groups excluding carboxylic acids is 3. The van der Waals surface area contributed by atoms with E-state index < -0.39 is 6.16 Å². The lowest BCUT2D eigenvalue weighted by atomic mass is 10.1. The normalized spacial score (nSPS) is 13.8. The van der Waals surface area contributed by atoms with Crippen LogP contribution in [0.25, 0.3) is 5.69 Å². The Hall–Kier alpha value is -4.07. The Balaban J connectivity index is 1.34. The summed E-state index contributed by atoms with van der Waals surface area (Å²) in [4.78, 5) is 41.0. The van der Waals surface area contributed by atoms with Crippen LogP contribution in [-0.4, -0.2) is 65.1 Å². The molecule has 1 aliphatic heterocycles. The van der Waals surface area contributed by atoms with E-state index in [1.807, 2.05) is 53.4 Å². The van der Waals surface area contributed by atoms with Crippen LogP contribution in [0.15, 0.2) is 73.1 Å². The molecule has 4 rings (SSSR count). The van der Waals surface area contributed by atoms with Gasteiger partial charge in [-0.05, 0) is 74.0 Å². The van der Waals surface area contributed by atoms with Crippen molar-refractivity contribution in [2.24, 2.45) is 0 Å². The van der Waals surface area contributed by atoms with E-state index in [2.05, 4.69) is 0 Å². The van der Waals surface area contributed by atoms with E-state index in [1.54, 1.807) is 41.0 Å². The van der Waals surface area contributed by atoms with E-state index >= 15 is 0 Å². The van der Waals surface area contributed by atoms with Gasteiger partial charge in [-0.2, -0.15) is 0 Å². The van der Waals surface area contributed by atoms with Gasteiger partial charge in [0.05, 0.1) is 6.61 Å². The Morgan fingerprint density at radius 2 is 1.29 bits per heavy atom. The minimum Gasteiger partial charge on any atom is -0.434 e. The van der Waals surface area contributed by atoms with E-state index in [0.29, 0.717) is 49.5 Å². The molecule has 0 bridgehead atoms. The summed E-state index contributed by atoms with van der Waals surface area (Å²) in [6.07, 6.45) is 3.83. The van der Waals surface area contributed by atoms with Crippen molar-refractivity contribution >= 4 is 18.0 Å². The molecule has 0 spiro atoms. The Labute approximate surface area is 198 Å². The smallest absolute Gasteiger partial charge is 0.434 e. The number of benzene rings is 2. The molecule has 1 aliphatic rings. The summed E-state index contributed by atoms with van der Waals surface area (Å²) < 4.78 is 11.8. The molecular weight excluding hydrogens is 434 g/mol. The first-order chi connectivity index (χ1) is 16.5. The second-order valence-corrected chi connectivity index (χ2v) is 7.88. The summed E-state index contributed by atoms with van der Waals surface area (Å²) >= 11 is 0. The second kappa shape index (κ2) is 10.7. The molecule has 2 aromatic carbocycles. The van der Waals surface area contributed by atoms with Crippen molar-refractivity contribution in [2.45, 2.75) is 13.3 Å². The van der Waals surface area contributed by atoms with Gasteiger partial charge in [-0.3, -0.25) is 9.59 Å². The van der Waals surface area contributed by atoms with Gasteiger partial charge in [0.15, 0.2) is 0 Å². The van der Waals surface area contributed by atoms with Crippen molar-refractivity contribution in [3.05, 3.63) is 84.2 Å². The summed E-state index contributed by atoms with van der Waals surface area (Å²) in [7, 11) is 0. The number of rotatable bonds is 5. The van der Waals surface area contributed by atoms with Gasteiger partial charge in [-0.1, -0.05) is 0 Å². The minimum absolute atomic E-state index is 0.0335. The van der Waals surface area contributed by atoms with E-state index in [-0.39, 0.29) is 18.4 Å². The molecule has 0 radical (unpaired) electrons. The predicted octanol–water partition coefficient (Wildman–Crippen LogP) is 4.00. The molecule has 1 fully saturated rings. The molecule has 1 saturated heterocycles. The quantitative estimate of drug-likeness (QED) is 0.424. The molecule has 2 heterocycles. The molecule has 3 aromatic rings. The zero-order chi connectivity index (χ0) is 23.9. The zero-order valence-corrected chi connectivity index (χ0v) is 19.1. The largest absolute Gasteiger partial charge is 0.513 e. The molecule has 1 aromatic heterocycles. The molecule has 0 N–H and O–H groups in total. The number of hydrogen-bond acceptors (Lipinski definition) is 5. The number of nitrogens with zero attached hydrogens (tertiary/aromatic N) is 3. The van der Waals surface area contributed by atoms with E-state index in [4.69, 9.17) is 9.47 Å². The fourth-order valence-electron chi connectivity index (χ4n) is 3.88. The molecule has 8 nitrogen and oxygen atoms in total. The van der Waals surface area contributed by atoms with Crippen molar-refractivity contribution in [1.29, 1.82) is 0 Å². The molecular formula is C26H27N3O5. The van der Waals surface area contributed by atoms with Crippen LogP contribution in [0.5, 0.6) is 5.75 Å². The van der Waals surface area contributed by atoms with Crippen molar-refractivity contribution in [2.75, 3.05) is 32.8 Å². The van der Waals surface area contributed by atoms with Gasteiger partial charge in [0, 0.05) is 55.4 Å². The fraction of sp³-hybridized carbons (Fsp3) is 0.269. The van der Waals surface area contributed by atoms with Crippen molar-refractivity contribution in [3.8, 4) is 11.4 Å². The van der Waals surface area contributed by atoms with Gasteiger partial charge in [0.2, 0.25) is 0 Å². The number of amides is 2. The highest BCUT2D eigenvalue weighted by Gasteiger charge is 2.23. The standard InChI is InChI=1S/C26H27N3O5/c1-2-33-26(32)34-23-12-8-21(9-13-23)25(31)29-17-5-16-28(18-19-29)24(30)20-6-10-22(11-7-20)27-14-3-4-15-27/h3-4,6-15H,2,5,16-19H2,1H3. The third-order valence-electron chi connectivity index (χ3n) is 5.65. The first-order valence-electron chi connectivity index (χ1n) is 11.3. The maximum absolute atomic E-state index is 13.0. The summed E-state index contributed by atoms with van der Waals surface area (Å²) in [5.41, 5.74) is 2.12. The van der Waals surface area contributed by atoms with Crippen LogP contribution in [0.1, 0.15) is 34.1 Å². The van der Waals surface area contributed by atoms with Crippen LogP contribution >= 0.6 is 0 Å². The first kappa shape index (κ1) is 23.1. The second-order valence-electron chi connectivity index (χ2n) is 7.88. The SMILES string of the molecule is CCOC(=O)Oc1ccc(C(=O)N2CCCN(C(=O)c3ccc(-n4cccc4)cc3)CC2)cc1. The van der Waals surface area contributed by atoms with E-state index in [1.165, 1.54) is 0 Å². The maximum Gasteiger partial charge on any atom is 0.513 e. The van der Waals surface area contributed by atoms with Gasteiger partial charge in [0.1, 0.15) is 5.75 Å². The average molecular weight is 462 g/mol. The monoisotopic (exact) mass is 461 g/mol. The lowest BCUT2D eigenvalue weighted by Gasteiger charge is -2.22. The highest BCUT2D eigenvalue weighted by Crippen LogP contribution is 2.17. The van der Waals surface area contributed by atoms with Gasteiger partial charge in [-0.15, -0.1) is 0 Å². The van der Waals surface area contributed by atoms with Gasteiger partial charge < -0.3 is 23.8 Å². The number of aromatic nitrogens is 1. The van der Waals surface area contributed by atoms with Crippen LogP contribution < -0.4 is 4.74 Å². The minimum atomic E-state index is -0.779. The Morgan fingerprint density at radius 3 is 1.82 bits per heavy atom. The Bertz CT molecular complexity index is 1120. The van der Waals surface area contributed by atoms with Crippen LogP contribution in [0, 0.1) is 0 Å². The lowest BCUT2D eigenvalue weighted by Crippen LogP contribution is -2.37. The third-order valence-corrected chi connectivity index (χ3v) is 5.65. The summed E-state index contributed by atoms with van der Waals surface area (Å²) in [6, 6.07) is 17.8. The Kier molecular flexibility index (Phi) is 7.27. The molecule has 2 amide bonds. The van der Waals surface area contributed by atoms with E-state index in [9.17, 15) is 14.4 Å². The Morgan fingerprint density at radius 1 is 0.765 bits per heavy atom. The van der Waals surface area contributed by atoms with Gasteiger partial charge >= 0.3 is 6.16 Å². The molecule has 0 aliphatic carbocycles. The third kappa shape index (κ3) is 5.46. The van der Waals surface area contributed by atoms with Crippen LogP contribution in [0.4, 0.5) is 4.79 Å². The molecule has 8 heteroatoms. The van der Waals surface area contributed by atoms with Crippen molar-refractivity contribution < 1.29 is 23.9 Å². The molecule has 0 unspecified atom stereocenters. The summed E-state index contributed by atoms with van der Waals surface area (Å²) in [6.45, 7) is 3.99. The van der Waals surface area contributed by atoms with Crippen LogP contribution in [0.2, 0.25) is 0 Å². The summed E-state index contributed by atoms with van der Waals surface area (Å²) in [5.74, 6) is 0.160. The topological polar surface area (TPSA) is 81.1 Å². The highest BCUT2D eigenvalue weighted by atomic mass is 16.7. The number of carbonyl (C=O) groups is 3. The maximum atomic E-state index is 13.0. The number of hydrogen-bond donors (Lipinski definition) is 0. The molecule has 0 saturated carbocycles. The summed E-state index contributed by atoms with van der Waals surface area (Å²) in [5, 5.41) is 0. The lowest BCUT2D eigenvalue weighted by molar-refractivity contribution is 0.0718. The average Bonchev–Trinajstić information content (AvgIpc) is 3.28. The van der Waals surface area contributed by atoms with Crippen molar-refractivity contribution in [3.63, 3.8) is 0 Å². The number of ether oxygens (including phenoxy) is 2. The van der Waals surface area contributed by atoms with E-state index in [0.717, 1.165) is 5.69 Å². The molecule has 0 atom stereocenters. The van der Waals surface area contributed by atoms with Gasteiger partial charge in [-0.25, -0.2) is 4.79 Å². The molecule has 34 heavy (non-hydrogen) atoms. The predicted molar refractivity (Wildman–Crippen MR) is 126 cm³/mol. The zero-order valence-electron chi connectivity index (χ0n) is 19.1. The molecule has 176 valence electrons. The highest BCUT2D eigenvalue weighted by molar-refractivity contribution is 5.95. The fourth-order valence-corrected chi connectivity index (χ4v) is 3.88. The van der Waals surface area contributed by atoms with Crippen molar-refractivity contribution in [1.82, 2.24) is 14.4 Å². The first-order valence-corrected chi connectivity index (χ1v) is 11.3. The van der Waals surface area contributed by atoms with Gasteiger partial charge in [0.25, 0.3) is 11.8 Å². The van der Waals surface area contributed by atoms with Crippen LogP contribution in [-0.2, 0) is 4.74 Å². The van der Waals surface area contributed by atoms with Crippen LogP contribution in [0.3, 0.4) is 0 Å².